The van der Waals surface area contributed by atoms with Crippen LogP contribution >= 0.6 is 0 Å². The number of rotatable bonds is 4. The maximum atomic E-state index is 10.8. The quantitative estimate of drug-likeness (QED) is 0.728. The van der Waals surface area contributed by atoms with Gasteiger partial charge in [-0.25, -0.2) is 4.79 Å². The zero-order valence-electron chi connectivity index (χ0n) is 9.26. The normalized spacial score (nSPS) is 18.4. The van der Waals surface area contributed by atoms with E-state index in [-0.39, 0.29) is 6.17 Å². The third-order valence-corrected chi connectivity index (χ3v) is 2.50. The van der Waals surface area contributed by atoms with Gasteiger partial charge >= 0.3 is 5.97 Å². The van der Waals surface area contributed by atoms with Crippen molar-refractivity contribution < 1.29 is 9.90 Å². The lowest BCUT2D eigenvalue weighted by molar-refractivity contribution is -0.132. The largest absolute Gasteiger partial charge is 0.478 e. The van der Waals surface area contributed by atoms with Gasteiger partial charge in [0.25, 0.3) is 0 Å². The highest BCUT2D eigenvalue weighted by Crippen LogP contribution is 2.05. The van der Waals surface area contributed by atoms with Crippen molar-refractivity contribution in [2.24, 2.45) is 0 Å². The molecule has 17 heavy (non-hydrogen) atoms. The Morgan fingerprint density at radius 2 is 2.12 bits per heavy atom. The SMILES string of the molecule is O=C(O)C1=CC(NCc2ccccc2)NC=C1. The molecule has 4 nitrogen and oxygen atoms in total. The fourth-order valence-corrected chi connectivity index (χ4v) is 1.61. The van der Waals surface area contributed by atoms with Gasteiger partial charge in [-0.2, -0.15) is 0 Å². The van der Waals surface area contributed by atoms with Gasteiger partial charge in [-0.3, -0.25) is 5.32 Å². The topological polar surface area (TPSA) is 61.4 Å². The Bertz CT molecular complexity index is 452. The molecule has 1 aromatic carbocycles. The summed E-state index contributed by atoms with van der Waals surface area (Å²) in [6.07, 6.45) is 4.70. The summed E-state index contributed by atoms with van der Waals surface area (Å²) in [4.78, 5) is 10.8. The molecule has 0 amide bonds. The van der Waals surface area contributed by atoms with Gasteiger partial charge in [0.2, 0.25) is 0 Å². The molecule has 3 N–H and O–H groups in total. The lowest BCUT2D eigenvalue weighted by Gasteiger charge is -2.19. The molecular weight excluding hydrogens is 216 g/mol. The molecule has 0 aromatic heterocycles. The van der Waals surface area contributed by atoms with Crippen LogP contribution in [-0.2, 0) is 11.3 Å². The smallest absolute Gasteiger partial charge is 0.335 e. The Morgan fingerprint density at radius 3 is 2.82 bits per heavy atom. The Hall–Kier alpha value is -2.07. The monoisotopic (exact) mass is 230 g/mol. The molecule has 0 fully saturated rings. The van der Waals surface area contributed by atoms with Crippen LogP contribution in [0.4, 0.5) is 0 Å². The van der Waals surface area contributed by atoms with E-state index >= 15 is 0 Å². The average Bonchev–Trinajstić information content (AvgIpc) is 2.38. The van der Waals surface area contributed by atoms with E-state index in [9.17, 15) is 4.79 Å². The second kappa shape index (κ2) is 5.32. The predicted octanol–water partition coefficient (Wildman–Crippen LogP) is 1.23. The minimum absolute atomic E-state index is 0.147. The number of hydrogen-bond acceptors (Lipinski definition) is 3. The molecule has 1 aromatic rings. The molecular formula is C13H14N2O2. The van der Waals surface area contributed by atoms with E-state index in [1.807, 2.05) is 30.3 Å². The van der Waals surface area contributed by atoms with Crippen molar-refractivity contribution in [3.8, 4) is 0 Å². The molecule has 88 valence electrons. The van der Waals surface area contributed by atoms with Crippen molar-refractivity contribution in [3.05, 3.63) is 59.8 Å². The van der Waals surface area contributed by atoms with Crippen LogP contribution in [0.3, 0.4) is 0 Å². The van der Waals surface area contributed by atoms with Crippen LogP contribution in [0.2, 0.25) is 0 Å². The number of nitrogens with one attached hydrogen (secondary N) is 2. The summed E-state index contributed by atoms with van der Waals surface area (Å²) in [6, 6.07) is 9.96. The van der Waals surface area contributed by atoms with Crippen LogP contribution in [-0.4, -0.2) is 17.2 Å². The van der Waals surface area contributed by atoms with Crippen molar-refractivity contribution in [2.45, 2.75) is 12.7 Å². The van der Waals surface area contributed by atoms with Crippen molar-refractivity contribution in [3.63, 3.8) is 0 Å². The zero-order chi connectivity index (χ0) is 12.1. The van der Waals surface area contributed by atoms with Crippen LogP contribution in [0, 0.1) is 0 Å². The molecule has 4 heteroatoms. The Kier molecular flexibility index (Phi) is 3.57. The Labute approximate surface area is 99.7 Å². The van der Waals surface area contributed by atoms with E-state index in [2.05, 4.69) is 10.6 Å². The molecule has 2 rings (SSSR count). The number of carboxylic acids is 1. The molecule has 1 aliphatic heterocycles. The third-order valence-electron chi connectivity index (χ3n) is 2.50. The summed E-state index contributed by atoms with van der Waals surface area (Å²) in [5, 5.41) is 15.1. The van der Waals surface area contributed by atoms with Gasteiger partial charge < -0.3 is 10.4 Å². The van der Waals surface area contributed by atoms with E-state index in [1.54, 1.807) is 18.4 Å². The molecule has 0 saturated heterocycles. The van der Waals surface area contributed by atoms with Crippen LogP contribution < -0.4 is 10.6 Å². The predicted molar refractivity (Wildman–Crippen MR) is 65.1 cm³/mol. The molecule has 0 spiro atoms. The molecule has 1 aliphatic rings. The fraction of sp³-hybridized carbons (Fsp3) is 0.154. The van der Waals surface area contributed by atoms with Crippen molar-refractivity contribution in [1.82, 2.24) is 10.6 Å². The number of benzene rings is 1. The third kappa shape index (κ3) is 3.19. The lowest BCUT2D eigenvalue weighted by atomic mass is 10.1. The highest BCUT2D eigenvalue weighted by atomic mass is 16.4. The van der Waals surface area contributed by atoms with Crippen LogP contribution in [0.25, 0.3) is 0 Å². The van der Waals surface area contributed by atoms with E-state index < -0.39 is 5.97 Å². The summed E-state index contributed by atoms with van der Waals surface area (Å²) < 4.78 is 0. The minimum atomic E-state index is -0.908. The molecule has 1 unspecified atom stereocenters. The van der Waals surface area contributed by atoms with E-state index in [0.29, 0.717) is 12.1 Å². The number of aliphatic carboxylic acids is 1. The summed E-state index contributed by atoms with van der Waals surface area (Å²) in [6.45, 7) is 0.690. The van der Waals surface area contributed by atoms with Gasteiger partial charge in [-0.15, -0.1) is 0 Å². The summed E-state index contributed by atoms with van der Waals surface area (Å²) in [7, 11) is 0. The van der Waals surface area contributed by atoms with Gasteiger partial charge in [-0.1, -0.05) is 30.3 Å². The van der Waals surface area contributed by atoms with Crippen molar-refractivity contribution in [2.75, 3.05) is 0 Å². The number of carbonyl (C=O) groups is 1. The average molecular weight is 230 g/mol. The zero-order valence-corrected chi connectivity index (χ0v) is 9.26. The molecule has 0 bridgehead atoms. The van der Waals surface area contributed by atoms with Gasteiger partial charge in [0, 0.05) is 6.54 Å². The highest BCUT2D eigenvalue weighted by Gasteiger charge is 2.12. The first-order valence-electron chi connectivity index (χ1n) is 5.41. The van der Waals surface area contributed by atoms with Crippen LogP contribution in [0.5, 0.6) is 0 Å². The molecule has 0 radical (unpaired) electrons. The first-order valence-corrected chi connectivity index (χ1v) is 5.41. The lowest BCUT2D eigenvalue weighted by Crippen LogP contribution is -2.39. The first kappa shape index (κ1) is 11.4. The molecule has 0 aliphatic carbocycles. The van der Waals surface area contributed by atoms with E-state index in [1.165, 1.54) is 0 Å². The first-order chi connectivity index (χ1) is 8.25. The summed E-state index contributed by atoms with van der Waals surface area (Å²) >= 11 is 0. The van der Waals surface area contributed by atoms with Gasteiger partial charge in [0.05, 0.1) is 11.7 Å². The van der Waals surface area contributed by atoms with Crippen molar-refractivity contribution in [1.29, 1.82) is 0 Å². The summed E-state index contributed by atoms with van der Waals surface area (Å²) in [5.74, 6) is -0.908. The van der Waals surface area contributed by atoms with Gasteiger partial charge in [0.1, 0.15) is 0 Å². The Morgan fingerprint density at radius 1 is 1.35 bits per heavy atom. The second-order valence-corrected chi connectivity index (χ2v) is 3.77. The number of carboxylic acid groups (broad SMARTS) is 1. The molecule has 0 saturated carbocycles. The van der Waals surface area contributed by atoms with Gasteiger partial charge in [-0.05, 0) is 23.9 Å². The maximum Gasteiger partial charge on any atom is 0.335 e. The molecule has 1 atom stereocenters. The number of dihydropyridines is 1. The van der Waals surface area contributed by atoms with Gasteiger partial charge in [0.15, 0.2) is 0 Å². The summed E-state index contributed by atoms with van der Waals surface area (Å²) in [5.41, 5.74) is 1.46. The van der Waals surface area contributed by atoms with Crippen LogP contribution in [0.15, 0.2) is 54.3 Å². The maximum absolute atomic E-state index is 10.8. The van der Waals surface area contributed by atoms with Crippen LogP contribution in [0.1, 0.15) is 5.56 Å². The van der Waals surface area contributed by atoms with E-state index in [0.717, 1.165) is 5.56 Å². The highest BCUT2D eigenvalue weighted by molar-refractivity contribution is 5.90. The van der Waals surface area contributed by atoms with E-state index in [4.69, 9.17) is 5.11 Å². The van der Waals surface area contributed by atoms with Crippen molar-refractivity contribution >= 4 is 5.97 Å². The standard InChI is InChI=1S/C13H14N2O2/c16-13(17)11-6-7-14-12(8-11)15-9-10-4-2-1-3-5-10/h1-8,12,14-15H,9H2,(H,16,17). The Balaban J connectivity index is 1.93. The molecule has 1 heterocycles. The fourth-order valence-electron chi connectivity index (χ4n) is 1.61. The second-order valence-electron chi connectivity index (χ2n) is 3.77. The number of hydrogen-bond donors (Lipinski definition) is 3. The minimum Gasteiger partial charge on any atom is -0.478 e.